The van der Waals surface area contributed by atoms with Crippen molar-refractivity contribution in [3.63, 3.8) is 0 Å². The Labute approximate surface area is 132 Å². The zero-order valence-corrected chi connectivity index (χ0v) is 12.7. The maximum Gasteiger partial charge on any atom is 0.287 e. The fourth-order valence-electron chi connectivity index (χ4n) is 1.94. The summed E-state index contributed by atoms with van der Waals surface area (Å²) in [5.74, 6) is 1.59. The molecule has 0 aliphatic rings. The van der Waals surface area contributed by atoms with Crippen LogP contribution in [0.4, 0.5) is 11.5 Å². The Hall–Kier alpha value is -2.87. The number of nitrogens with zero attached hydrogens (tertiary/aromatic N) is 2. The van der Waals surface area contributed by atoms with Crippen molar-refractivity contribution >= 4 is 11.5 Å². The summed E-state index contributed by atoms with van der Waals surface area (Å²) in [5.41, 5.74) is 0.532. The van der Waals surface area contributed by atoms with Crippen molar-refractivity contribution < 1.29 is 19.5 Å². The van der Waals surface area contributed by atoms with E-state index < -0.39 is 11.0 Å². The van der Waals surface area contributed by atoms with E-state index in [2.05, 4.69) is 10.3 Å². The smallest absolute Gasteiger partial charge is 0.287 e. The van der Waals surface area contributed by atoms with Crippen molar-refractivity contribution in [2.45, 2.75) is 6.10 Å². The van der Waals surface area contributed by atoms with E-state index in [0.29, 0.717) is 22.9 Å². The number of hydrogen-bond acceptors (Lipinski definition) is 7. The zero-order chi connectivity index (χ0) is 16.8. The summed E-state index contributed by atoms with van der Waals surface area (Å²) in [5, 5.41) is 23.7. The lowest BCUT2D eigenvalue weighted by atomic mass is 10.1. The van der Waals surface area contributed by atoms with Gasteiger partial charge in [0.15, 0.2) is 0 Å². The molecule has 0 aliphatic carbocycles. The Balaban J connectivity index is 2.04. The number of rotatable bonds is 7. The molecule has 8 nitrogen and oxygen atoms in total. The molecule has 2 N–H and O–H groups in total. The fourth-order valence-corrected chi connectivity index (χ4v) is 1.94. The van der Waals surface area contributed by atoms with Gasteiger partial charge in [0.1, 0.15) is 23.5 Å². The number of methoxy groups -OCH3 is 2. The Kier molecular flexibility index (Phi) is 5.32. The van der Waals surface area contributed by atoms with Crippen LogP contribution in [-0.2, 0) is 0 Å². The topological polar surface area (TPSA) is 107 Å². The van der Waals surface area contributed by atoms with Crippen LogP contribution < -0.4 is 14.8 Å². The number of anilines is 1. The van der Waals surface area contributed by atoms with Gasteiger partial charge in [0.05, 0.1) is 25.2 Å². The van der Waals surface area contributed by atoms with Crippen LogP contribution in [0, 0.1) is 10.1 Å². The maximum absolute atomic E-state index is 10.6. The molecule has 8 heteroatoms. The second-order valence-corrected chi connectivity index (χ2v) is 4.70. The van der Waals surface area contributed by atoms with Gasteiger partial charge in [-0.25, -0.2) is 4.98 Å². The average Bonchev–Trinajstić information content (AvgIpc) is 2.59. The molecule has 0 saturated carbocycles. The molecule has 2 aromatic rings. The predicted octanol–water partition coefficient (Wildman–Crippen LogP) is 2.15. The molecule has 0 bridgehead atoms. The van der Waals surface area contributed by atoms with E-state index in [1.54, 1.807) is 18.2 Å². The second-order valence-electron chi connectivity index (χ2n) is 4.70. The highest BCUT2D eigenvalue weighted by Gasteiger charge is 2.12. The van der Waals surface area contributed by atoms with Crippen molar-refractivity contribution in [3.05, 3.63) is 52.2 Å². The summed E-state index contributed by atoms with van der Waals surface area (Å²) >= 11 is 0. The number of aliphatic hydroxyl groups excluding tert-OH is 1. The van der Waals surface area contributed by atoms with E-state index in [1.807, 2.05) is 0 Å². The zero-order valence-electron chi connectivity index (χ0n) is 12.7. The molecule has 1 atom stereocenters. The average molecular weight is 319 g/mol. The Bertz CT molecular complexity index is 653. The first-order valence-corrected chi connectivity index (χ1v) is 6.79. The largest absolute Gasteiger partial charge is 0.497 e. The summed E-state index contributed by atoms with van der Waals surface area (Å²) in [6.07, 6.45) is 0.333. The van der Waals surface area contributed by atoms with Gasteiger partial charge in [-0.2, -0.15) is 0 Å². The molecular formula is C15H17N3O5. The molecule has 23 heavy (non-hydrogen) atoms. The van der Waals surface area contributed by atoms with Gasteiger partial charge in [0.2, 0.25) is 0 Å². The molecule has 0 saturated heterocycles. The van der Waals surface area contributed by atoms with Crippen LogP contribution in [0.5, 0.6) is 11.5 Å². The van der Waals surface area contributed by atoms with Gasteiger partial charge in [-0.3, -0.25) is 10.1 Å². The van der Waals surface area contributed by atoms with Crippen LogP contribution in [-0.4, -0.2) is 35.8 Å². The third-order valence-corrected chi connectivity index (χ3v) is 3.19. The number of pyridine rings is 1. The number of benzene rings is 1. The van der Waals surface area contributed by atoms with Gasteiger partial charge < -0.3 is 19.9 Å². The number of aromatic nitrogens is 1. The number of nitro groups is 1. The summed E-state index contributed by atoms with van der Waals surface area (Å²) in [6, 6.07) is 7.95. The molecule has 1 unspecified atom stereocenters. The van der Waals surface area contributed by atoms with Gasteiger partial charge in [-0.05, 0) is 23.8 Å². The first-order chi connectivity index (χ1) is 11.0. The number of ether oxygens (including phenoxy) is 2. The monoisotopic (exact) mass is 319 g/mol. The minimum absolute atomic E-state index is 0.0892. The van der Waals surface area contributed by atoms with Crippen LogP contribution in [0.2, 0.25) is 0 Å². The van der Waals surface area contributed by atoms with Crippen molar-refractivity contribution in [2.24, 2.45) is 0 Å². The predicted molar refractivity (Wildman–Crippen MR) is 83.9 cm³/mol. The Morgan fingerprint density at radius 1 is 1.26 bits per heavy atom. The lowest BCUT2D eigenvalue weighted by Gasteiger charge is -2.15. The van der Waals surface area contributed by atoms with Crippen molar-refractivity contribution in [1.29, 1.82) is 0 Å². The molecular weight excluding hydrogens is 302 g/mol. The highest BCUT2D eigenvalue weighted by molar-refractivity contribution is 5.42. The SMILES string of the molecule is COc1cc(OC)cc(C(O)CNc2ccc([N+](=O)[O-])cn2)c1. The van der Waals surface area contributed by atoms with E-state index >= 15 is 0 Å². The number of aliphatic hydroxyl groups is 1. The molecule has 1 aromatic heterocycles. The quantitative estimate of drug-likeness (QED) is 0.595. The van der Waals surface area contributed by atoms with Gasteiger partial charge in [0.25, 0.3) is 5.69 Å². The molecule has 0 amide bonds. The molecule has 2 rings (SSSR count). The van der Waals surface area contributed by atoms with E-state index in [1.165, 1.54) is 26.4 Å². The Morgan fingerprint density at radius 2 is 1.91 bits per heavy atom. The lowest BCUT2D eigenvalue weighted by Crippen LogP contribution is -2.13. The number of hydrogen-bond donors (Lipinski definition) is 2. The molecule has 0 spiro atoms. The summed E-state index contributed by atoms with van der Waals surface area (Å²) in [6.45, 7) is 0.182. The second kappa shape index (κ2) is 7.41. The van der Waals surface area contributed by atoms with Crippen LogP contribution in [0.3, 0.4) is 0 Å². The maximum atomic E-state index is 10.6. The third-order valence-electron chi connectivity index (χ3n) is 3.19. The Morgan fingerprint density at radius 3 is 2.39 bits per heavy atom. The standard InChI is InChI=1S/C15H17N3O5/c1-22-12-5-10(6-13(7-12)23-2)14(19)9-17-15-4-3-11(8-16-15)18(20)21/h3-8,14,19H,9H2,1-2H3,(H,16,17). The van der Waals surface area contributed by atoms with Crippen LogP contribution in [0.15, 0.2) is 36.5 Å². The highest BCUT2D eigenvalue weighted by atomic mass is 16.6. The van der Waals surface area contributed by atoms with Crippen molar-refractivity contribution in [2.75, 3.05) is 26.1 Å². The van der Waals surface area contributed by atoms with E-state index in [9.17, 15) is 15.2 Å². The fraction of sp³-hybridized carbons (Fsp3) is 0.267. The van der Waals surface area contributed by atoms with Crippen molar-refractivity contribution in [1.82, 2.24) is 4.98 Å². The van der Waals surface area contributed by atoms with E-state index in [0.717, 1.165) is 6.20 Å². The van der Waals surface area contributed by atoms with Crippen LogP contribution in [0.1, 0.15) is 11.7 Å². The van der Waals surface area contributed by atoms with Crippen molar-refractivity contribution in [3.8, 4) is 11.5 Å². The minimum atomic E-state index is -0.823. The van der Waals surface area contributed by atoms with Gasteiger partial charge in [0, 0.05) is 18.7 Å². The van der Waals surface area contributed by atoms with Crippen LogP contribution >= 0.6 is 0 Å². The molecule has 1 heterocycles. The summed E-state index contributed by atoms with van der Waals surface area (Å²) < 4.78 is 10.3. The minimum Gasteiger partial charge on any atom is -0.497 e. The normalized spacial score (nSPS) is 11.6. The molecule has 0 radical (unpaired) electrons. The molecule has 0 aliphatic heterocycles. The molecule has 122 valence electrons. The summed E-state index contributed by atoms with van der Waals surface area (Å²) in [7, 11) is 3.06. The van der Waals surface area contributed by atoms with Gasteiger partial charge in [-0.1, -0.05) is 0 Å². The first-order valence-electron chi connectivity index (χ1n) is 6.79. The third kappa shape index (κ3) is 4.30. The van der Waals surface area contributed by atoms with Gasteiger partial charge >= 0.3 is 0 Å². The first kappa shape index (κ1) is 16.5. The van der Waals surface area contributed by atoms with E-state index in [-0.39, 0.29) is 12.2 Å². The molecule has 1 aromatic carbocycles. The number of nitrogens with one attached hydrogen (secondary N) is 1. The highest BCUT2D eigenvalue weighted by Crippen LogP contribution is 2.26. The molecule has 0 fully saturated rings. The lowest BCUT2D eigenvalue weighted by molar-refractivity contribution is -0.385. The summed E-state index contributed by atoms with van der Waals surface area (Å²) in [4.78, 5) is 14.0. The van der Waals surface area contributed by atoms with Crippen LogP contribution in [0.25, 0.3) is 0 Å². The van der Waals surface area contributed by atoms with Gasteiger partial charge in [-0.15, -0.1) is 0 Å². The van der Waals surface area contributed by atoms with E-state index in [4.69, 9.17) is 9.47 Å².